The van der Waals surface area contributed by atoms with Gasteiger partial charge in [-0.05, 0) is 45.0 Å². The average molecular weight is 432 g/mol. The molecule has 2 amide bonds. The van der Waals surface area contributed by atoms with Gasteiger partial charge in [-0.1, -0.05) is 18.2 Å². The summed E-state index contributed by atoms with van der Waals surface area (Å²) in [5.74, 6) is -0.0856. The number of hydrogen-bond acceptors (Lipinski definition) is 5. The molecule has 8 heteroatoms. The molecule has 3 heterocycles. The van der Waals surface area contributed by atoms with Gasteiger partial charge in [-0.25, -0.2) is 19.1 Å². The van der Waals surface area contributed by atoms with E-state index in [1.54, 1.807) is 32.9 Å². The van der Waals surface area contributed by atoms with Gasteiger partial charge < -0.3 is 15.0 Å². The van der Waals surface area contributed by atoms with Crippen LogP contribution in [0, 0.1) is 5.82 Å². The molecule has 0 radical (unpaired) electrons. The molecule has 4 aromatic rings. The fourth-order valence-corrected chi connectivity index (χ4v) is 3.88. The summed E-state index contributed by atoms with van der Waals surface area (Å²) >= 11 is 0. The van der Waals surface area contributed by atoms with E-state index in [0.717, 1.165) is 15.7 Å². The van der Waals surface area contributed by atoms with Crippen molar-refractivity contribution in [3.8, 4) is 0 Å². The smallest absolute Gasteiger partial charge is 0.417 e. The van der Waals surface area contributed by atoms with Crippen molar-refractivity contribution in [3.05, 3.63) is 65.7 Å². The summed E-state index contributed by atoms with van der Waals surface area (Å²) in [5.41, 5.74) is 1.57. The number of carbonyl (C=O) groups is 2. The van der Waals surface area contributed by atoms with E-state index in [9.17, 15) is 14.0 Å². The molecule has 0 saturated heterocycles. The first-order valence-electron chi connectivity index (χ1n) is 10.2. The number of fused-ring (bicyclic) bond motifs is 5. The molecule has 2 aromatic carbocycles. The van der Waals surface area contributed by atoms with Crippen LogP contribution in [0.5, 0.6) is 0 Å². The van der Waals surface area contributed by atoms with Gasteiger partial charge in [0.2, 0.25) is 0 Å². The maximum atomic E-state index is 13.5. The van der Waals surface area contributed by atoms with Crippen LogP contribution >= 0.6 is 0 Å². The lowest BCUT2D eigenvalue weighted by molar-refractivity contribution is 0.0247. The van der Waals surface area contributed by atoms with E-state index in [0.29, 0.717) is 33.7 Å². The Labute approximate surface area is 183 Å². The van der Waals surface area contributed by atoms with Gasteiger partial charge in [-0.2, -0.15) is 0 Å². The number of carbonyl (C=O) groups excluding carboxylic acids is 2. The summed E-state index contributed by atoms with van der Waals surface area (Å²) in [4.78, 5) is 34.4. The van der Waals surface area contributed by atoms with E-state index in [4.69, 9.17) is 9.72 Å². The van der Waals surface area contributed by atoms with Crippen LogP contribution in [0.3, 0.4) is 0 Å². The topological polar surface area (TPSA) is 87.3 Å². The molecule has 7 nitrogen and oxygen atoms in total. The van der Waals surface area contributed by atoms with Crippen LogP contribution in [0.25, 0.3) is 21.7 Å². The molecule has 0 unspecified atom stereocenters. The highest BCUT2D eigenvalue weighted by Gasteiger charge is 2.38. The Balaban J connectivity index is 1.52. The van der Waals surface area contributed by atoms with Gasteiger partial charge in [0.1, 0.15) is 17.2 Å². The molecule has 2 N–H and O–H groups in total. The second-order valence-electron chi connectivity index (χ2n) is 8.75. The monoisotopic (exact) mass is 432 g/mol. The van der Waals surface area contributed by atoms with Gasteiger partial charge in [0.25, 0.3) is 5.91 Å². The second-order valence-corrected chi connectivity index (χ2v) is 8.75. The molecule has 1 aliphatic rings. The number of imide groups is 1. The van der Waals surface area contributed by atoms with Gasteiger partial charge in [-0.3, -0.25) is 4.79 Å². The molecule has 0 atom stereocenters. The third-order valence-electron chi connectivity index (χ3n) is 5.21. The number of nitrogens with zero attached hydrogens (tertiary/aromatic N) is 2. The predicted molar refractivity (Wildman–Crippen MR) is 119 cm³/mol. The van der Waals surface area contributed by atoms with E-state index in [1.165, 1.54) is 12.1 Å². The number of nitrogens with one attached hydrogen (secondary N) is 2. The molecule has 0 saturated carbocycles. The van der Waals surface area contributed by atoms with Crippen LogP contribution in [0.1, 0.15) is 36.8 Å². The number of pyridine rings is 1. The molecule has 5 rings (SSSR count). The van der Waals surface area contributed by atoms with Gasteiger partial charge in [0.05, 0.1) is 23.3 Å². The Morgan fingerprint density at radius 2 is 2.00 bits per heavy atom. The number of benzene rings is 2. The van der Waals surface area contributed by atoms with Crippen LogP contribution < -0.4 is 5.32 Å². The SMILES string of the molecule is CC(C)(C)OC(=O)N1Cc2nc3c(ccc4c[nH]c(Nc5cccc(F)c5)cc43)c2C1=O. The van der Waals surface area contributed by atoms with Crippen molar-refractivity contribution in [1.29, 1.82) is 0 Å². The predicted octanol–water partition coefficient (Wildman–Crippen LogP) is 5.49. The average Bonchev–Trinajstić information content (AvgIpc) is 3.24. The quantitative estimate of drug-likeness (QED) is 0.437. The lowest BCUT2D eigenvalue weighted by atomic mass is 10.1. The van der Waals surface area contributed by atoms with Crippen LogP contribution in [-0.4, -0.2) is 32.5 Å². The lowest BCUT2D eigenvalue weighted by Gasteiger charge is -2.23. The fraction of sp³-hybridized carbons (Fsp3) is 0.208. The van der Waals surface area contributed by atoms with Crippen LogP contribution in [-0.2, 0) is 11.3 Å². The number of aromatic amines is 1. The van der Waals surface area contributed by atoms with Crippen molar-refractivity contribution >= 4 is 45.2 Å². The molecule has 1 aliphatic heterocycles. The zero-order chi connectivity index (χ0) is 22.6. The fourth-order valence-electron chi connectivity index (χ4n) is 3.88. The minimum atomic E-state index is -0.697. The molecular weight excluding hydrogens is 411 g/mol. The first-order chi connectivity index (χ1) is 15.2. The maximum absolute atomic E-state index is 13.5. The van der Waals surface area contributed by atoms with E-state index in [2.05, 4.69) is 10.3 Å². The Bertz CT molecular complexity index is 1400. The van der Waals surface area contributed by atoms with Crippen LogP contribution in [0.2, 0.25) is 0 Å². The van der Waals surface area contributed by atoms with E-state index in [1.807, 2.05) is 24.4 Å². The summed E-state index contributed by atoms with van der Waals surface area (Å²) in [7, 11) is 0. The number of hydrogen-bond donors (Lipinski definition) is 2. The summed E-state index contributed by atoms with van der Waals surface area (Å²) in [5, 5.41) is 5.58. The lowest BCUT2D eigenvalue weighted by Crippen LogP contribution is -2.37. The van der Waals surface area contributed by atoms with E-state index in [-0.39, 0.29) is 12.4 Å². The number of ether oxygens (including phenoxy) is 1. The van der Waals surface area contributed by atoms with Gasteiger partial charge in [-0.15, -0.1) is 0 Å². The maximum Gasteiger partial charge on any atom is 0.417 e. The highest BCUT2D eigenvalue weighted by atomic mass is 19.1. The van der Waals surface area contributed by atoms with E-state index < -0.39 is 17.6 Å². The number of rotatable bonds is 2. The molecular formula is C24H21FN4O3. The summed E-state index contributed by atoms with van der Waals surface area (Å²) in [6.07, 6.45) is 1.15. The molecule has 0 bridgehead atoms. The Kier molecular flexibility index (Phi) is 4.40. The van der Waals surface area contributed by atoms with Crippen molar-refractivity contribution in [2.24, 2.45) is 0 Å². The summed E-state index contributed by atoms with van der Waals surface area (Å²) < 4.78 is 18.9. The third-order valence-corrected chi connectivity index (χ3v) is 5.21. The standard InChI is InChI=1S/C24H21FN4O3/c1-24(2,3)32-23(31)29-12-18-20(22(29)30)16-8-7-13-11-26-19(10-17(13)21(16)28-18)27-15-6-4-5-14(25)9-15/h4-11,26-27H,12H2,1-3H3. The minimum absolute atomic E-state index is 0.0760. The first-order valence-corrected chi connectivity index (χ1v) is 10.2. The number of amides is 2. The second kappa shape index (κ2) is 7.05. The number of halogens is 1. The molecule has 0 aliphatic carbocycles. The Hall–Kier alpha value is -3.94. The zero-order valence-electron chi connectivity index (χ0n) is 17.8. The number of H-pyrrole nitrogens is 1. The van der Waals surface area contributed by atoms with Crippen molar-refractivity contribution in [2.75, 3.05) is 5.32 Å². The summed E-state index contributed by atoms with van der Waals surface area (Å²) in [6.45, 7) is 5.34. The van der Waals surface area contributed by atoms with Crippen molar-refractivity contribution in [2.45, 2.75) is 32.9 Å². The third kappa shape index (κ3) is 3.43. The molecule has 2 aromatic heterocycles. The molecule has 32 heavy (non-hydrogen) atoms. The molecule has 162 valence electrons. The highest BCUT2D eigenvalue weighted by Crippen LogP contribution is 2.35. The number of aromatic nitrogens is 2. The minimum Gasteiger partial charge on any atom is -0.443 e. The van der Waals surface area contributed by atoms with E-state index >= 15 is 0 Å². The van der Waals surface area contributed by atoms with Crippen molar-refractivity contribution in [3.63, 3.8) is 0 Å². The van der Waals surface area contributed by atoms with Crippen molar-refractivity contribution in [1.82, 2.24) is 14.9 Å². The molecule has 0 fully saturated rings. The normalized spacial score (nSPS) is 13.6. The van der Waals surface area contributed by atoms with Crippen LogP contribution in [0.4, 0.5) is 20.7 Å². The van der Waals surface area contributed by atoms with Gasteiger partial charge in [0.15, 0.2) is 0 Å². The highest BCUT2D eigenvalue weighted by molar-refractivity contribution is 6.19. The van der Waals surface area contributed by atoms with Crippen molar-refractivity contribution < 1.29 is 18.7 Å². The van der Waals surface area contributed by atoms with Gasteiger partial charge >= 0.3 is 6.09 Å². The van der Waals surface area contributed by atoms with Crippen LogP contribution in [0.15, 0.2) is 48.7 Å². The number of anilines is 2. The largest absolute Gasteiger partial charge is 0.443 e. The molecule has 0 spiro atoms. The first kappa shape index (κ1) is 20.0. The summed E-state index contributed by atoms with van der Waals surface area (Å²) in [6, 6.07) is 11.8. The van der Waals surface area contributed by atoms with Gasteiger partial charge in [0, 0.05) is 28.0 Å². The Morgan fingerprint density at radius 3 is 2.75 bits per heavy atom. The Morgan fingerprint density at radius 1 is 1.19 bits per heavy atom. The zero-order valence-corrected chi connectivity index (χ0v) is 17.8.